The van der Waals surface area contributed by atoms with Crippen LogP contribution in [0.1, 0.15) is 26.2 Å². The zero-order chi connectivity index (χ0) is 10.8. The van der Waals surface area contributed by atoms with E-state index in [9.17, 15) is 4.79 Å². The standard InChI is InChI=1S/C11H20N2O2/c1-8(11(14)15-2)12-9-5-6-13(7-9)10-3-4-10/h8-10,12H,3-7H2,1-2H3/t8-,9?/m0/s1. The van der Waals surface area contributed by atoms with Crippen molar-refractivity contribution in [3.05, 3.63) is 0 Å². The van der Waals surface area contributed by atoms with Crippen molar-refractivity contribution in [2.24, 2.45) is 0 Å². The zero-order valence-electron chi connectivity index (χ0n) is 9.53. The zero-order valence-corrected chi connectivity index (χ0v) is 9.53. The Balaban J connectivity index is 1.73. The molecule has 0 amide bonds. The van der Waals surface area contributed by atoms with Gasteiger partial charge in [-0.2, -0.15) is 0 Å². The second kappa shape index (κ2) is 4.49. The first kappa shape index (κ1) is 10.9. The van der Waals surface area contributed by atoms with Gasteiger partial charge in [-0.1, -0.05) is 0 Å². The SMILES string of the molecule is COC(=O)[C@H](C)NC1CCN(C2CC2)C1. The molecule has 4 nitrogen and oxygen atoms in total. The summed E-state index contributed by atoms with van der Waals surface area (Å²) in [7, 11) is 1.44. The fourth-order valence-electron chi connectivity index (χ4n) is 2.29. The van der Waals surface area contributed by atoms with E-state index in [0.29, 0.717) is 6.04 Å². The lowest BCUT2D eigenvalue weighted by Gasteiger charge is -2.18. The minimum atomic E-state index is -0.181. The third kappa shape index (κ3) is 2.69. The molecule has 1 aliphatic carbocycles. The molecule has 0 aromatic rings. The number of hydrogen-bond donors (Lipinski definition) is 1. The number of methoxy groups -OCH3 is 1. The Bertz CT molecular complexity index is 241. The van der Waals surface area contributed by atoms with Crippen LogP contribution in [0.15, 0.2) is 0 Å². The molecule has 4 heteroatoms. The molecule has 0 aromatic heterocycles. The van der Waals surface area contributed by atoms with Crippen molar-refractivity contribution < 1.29 is 9.53 Å². The highest BCUT2D eigenvalue weighted by molar-refractivity contribution is 5.75. The van der Waals surface area contributed by atoms with Crippen molar-refractivity contribution in [1.82, 2.24) is 10.2 Å². The van der Waals surface area contributed by atoms with Crippen LogP contribution in [0.25, 0.3) is 0 Å². The van der Waals surface area contributed by atoms with E-state index in [0.717, 1.165) is 19.0 Å². The molecule has 2 fully saturated rings. The van der Waals surface area contributed by atoms with E-state index in [2.05, 4.69) is 10.2 Å². The predicted octanol–water partition coefficient (Wildman–Crippen LogP) is 0.374. The highest BCUT2D eigenvalue weighted by Crippen LogP contribution is 2.29. The molecule has 0 spiro atoms. The van der Waals surface area contributed by atoms with Crippen LogP contribution in [-0.4, -0.2) is 49.2 Å². The van der Waals surface area contributed by atoms with Crippen molar-refractivity contribution in [2.45, 2.75) is 44.3 Å². The average Bonchev–Trinajstić information content (AvgIpc) is 2.99. The third-order valence-corrected chi connectivity index (χ3v) is 3.32. The van der Waals surface area contributed by atoms with Crippen LogP contribution in [0.3, 0.4) is 0 Å². The van der Waals surface area contributed by atoms with Crippen LogP contribution in [0, 0.1) is 0 Å². The lowest BCUT2D eigenvalue weighted by Crippen LogP contribution is -2.43. The summed E-state index contributed by atoms with van der Waals surface area (Å²) in [5, 5.41) is 3.33. The molecule has 0 aromatic carbocycles. The average molecular weight is 212 g/mol. The lowest BCUT2D eigenvalue weighted by molar-refractivity contribution is -0.142. The van der Waals surface area contributed by atoms with Crippen molar-refractivity contribution >= 4 is 5.97 Å². The van der Waals surface area contributed by atoms with Crippen LogP contribution < -0.4 is 5.32 Å². The second-order valence-corrected chi connectivity index (χ2v) is 4.62. The van der Waals surface area contributed by atoms with E-state index in [1.807, 2.05) is 6.92 Å². The highest BCUT2D eigenvalue weighted by atomic mass is 16.5. The Morgan fingerprint density at radius 2 is 2.20 bits per heavy atom. The predicted molar refractivity (Wildman–Crippen MR) is 57.6 cm³/mol. The largest absolute Gasteiger partial charge is 0.468 e. The van der Waals surface area contributed by atoms with E-state index in [1.165, 1.54) is 26.5 Å². The van der Waals surface area contributed by atoms with Gasteiger partial charge < -0.3 is 10.1 Å². The van der Waals surface area contributed by atoms with Gasteiger partial charge in [0.2, 0.25) is 0 Å². The molecule has 15 heavy (non-hydrogen) atoms. The molecule has 1 saturated carbocycles. The maximum absolute atomic E-state index is 11.2. The summed E-state index contributed by atoms with van der Waals surface area (Å²) >= 11 is 0. The number of rotatable bonds is 4. The molecular formula is C11H20N2O2. The van der Waals surface area contributed by atoms with Crippen molar-refractivity contribution in [2.75, 3.05) is 20.2 Å². The Labute approximate surface area is 91.0 Å². The fourth-order valence-corrected chi connectivity index (χ4v) is 2.29. The lowest BCUT2D eigenvalue weighted by atomic mass is 10.2. The summed E-state index contributed by atoms with van der Waals surface area (Å²) in [5.41, 5.74) is 0. The monoisotopic (exact) mass is 212 g/mol. The normalized spacial score (nSPS) is 29.1. The summed E-state index contributed by atoms with van der Waals surface area (Å²) < 4.78 is 4.69. The molecule has 1 heterocycles. The quantitative estimate of drug-likeness (QED) is 0.684. The van der Waals surface area contributed by atoms with Gasteiger partial charge in [0, 0.05) is 25.2 Å². The van der Waals surface area contributed by atoms with E-state index in [1.54, 1.807) is 0 Å². The molecule has 86 valence electrons. The summed E-state index contributed by atoms with van der Waals surface area (Å²) in [5.74, 6) is -0.167. The van der Waals surface area contributed by atoms with Crippen molar-refractivity contribution in [1.29, 1.82) is 0 Å². The van der Waals surface area contributed by atoms with Gasteiger partial charge in [0.05, 0.1) is 7.11 Å². The number of ether oxygens (including phenoxy) is 1. The van der Waals surface area contributed by atoms with Crippen LogP contribution in [0.5, 0.6) is 0 Å². The van der Waals surface area contributed by atoms with Crippen LogP contribution in [-0.2, 0) is 9.53 Å². The molecule has 2 atom stereocenters. The number of nitrogens with zero attached hydrogens (tertiary/aromatic N) is 1. The molecule has 1 N–H and O–H groups in total. The van der Waals surface area contributed by atoms with Gasteiger partial charge in [-0.05, 0) is 26.2 Å². The summed E-state index contributed by atoms with van der Waals surface area (Å²) in [6, 6.07) is 1.11. The maximum atomic E-state index is 11.2. The first-order chi connectivity index (χ1) is 7.20. The van der Waals surface area contributed by atoms with E-state index < -0.39 is 0 Å². The van der Waals surface area contributed by atoms with Crippen LogP contribution in [0.2, 0.25) is 0 Å². The third-order valence-electron chi connectivity index (χ3n) is 3.32. The number of carbonyl (C=O) groups is 1. The molecule has 1 aliphatic heterocycles. The Hall–Kier alpha value is -0.610. The second-order valence-electron chi connectivity index (χ2n) is 4.62. The van der Waals surface area contributed by atoms with Gasteiger partial charge >= 0.3 is 5.97 Å². The molecular weight excluding hydrogens is 192 g/mol. The highest BCUT2D eigenvalue weighted by Gasteiger charge is 2.35. The number of nitrogens with one attached hydrogen (secondary N) is 1. The van der Waals surface area contributed by atoms with Crippen molar-refractivity contribution in [3.63, 3.8) is 0 Å². The van der Waals surface area contributed by atoms with E-state index >= 15 is 0 Å². The molecule has 2 aliphatic rings. The summed E-state index contributed by atoms with van der Waals surface area (Å²) in [6.45, 7) is 4.13. The fraction of sp³-hybridized carbons (Fsp3) is 0.909. The topological polar surface area (TPSA) is 41.6 Å². The van der Waals surface area contributed by atoms with Crippen LogP contribution in [0.4, 0.5) is 0 Å². The number of likely N-dealkylation sites (tertiary alicyclic amines) is 1. The number of esters is 1. The van der Waals surface area contributed by atoms with Gasteiger partial charge in [-0.3, -0.25) is 9.69 Å². The molecule has 1 unspecified atom stereocenters. The van der Waals surface area contributed by atoms with Crippen molar-refractivity contribution in [3.8, 4) is 0 Å². The number of carbonyl (C=O) groups excluding carboxylic acids is 1. The molecule has 2 rings (SSSR count). The van der Waals surface area contributed by atoms with E-state index in [4.69, 9.17) is 4.74 Å². The first-order valence-corrected chi connectivity index (χ1v) is 5.78. The van der Waals surface area contributed by atoms with Gasteiger partial charge in [0.15, 0.2) is 0 Å². The van der Waals surface area contributed by atoms with Gasteiger partial charge in [-0.25, -0.2) is 0 Å². The summed E-state index contributed by atoms with van der Waals surface area (Å²) in [6.07, 6.45) is 3.87. The minimum absolute atomic E-state index is 0.167. The first-order valence-electron chi connectivity index (χ1n) is 5.78. The Morgan fingerprint density at radius 3 is 2.80 bits per heavy atom. The van der Waals surface area contributed by atoms with Gasteiger partial charge in [0.1, 0.15) is 6.04 Å². The molecule has 1 saturated heterocycles. The maximum Gasteiger partial charge on any atom is 0.322 e. The van der Waals surface area contributed by atoms with Crippen LogP contribution >= 0.6 is 0 Å². The van der Waals surface area contributed by atoms with E-state index in [-0.39, 0.29) is 12.0 Å². The smallest absolute Gasteiger partial charge is 0.322 e. The Kier molecular flexibility index (Phi) is 3.26. The van der Waals surface area contributed by atoms with Gasteiger partial charge in [0.25, 0.3) is 0 Å². The molecule has 0 radical (unpaired) electrons. The van der Waals surface area contributed by atoms with Gasteiger partial charge in [-0.15, -0.1) is 0 Å². The number of hydrogen-bond acceptors (Lipinski definition) is 4. The minimum Gasteiger partial charge on any atom is -0.468 e. The molecule has 0 bridgehead atoms. The summed E-state index contributed by atoms with van der Waals surface area (Å²) in [4.78, 5) is 13.8. The Morgan fingerprint density at radius 1 is 1.47 bits per heavy atom.